The van der Waals surface area contributed by atoms with E-state index < -0.39 is 0 Å². The molecule has 1 aromatic rings. The van der Waals surface area contributed by atoms with Crippen LogP contribution in [0.2, 0.25) is 0 Å². The standard InChI is InChI=1S/C16H21N3O2/c1-21-15-8-11(9-17)6-7-12(15)10-19-14-5-3-2-4-13(14)16(18)20/h6-8,13-14,19H,2-5,10H2,1H3,(H2,18,20)/t13-,14+/m1/s1. The third-order valence-corrected chi connectivity index (χ3v) is 4.10. The molecule has 0 bridgehead atoms. The van der Waals surface area contributed by atoms with Crippen molar-refractivity contribution in [3.63, 3.8) is 0 Å². The molecule has 2 rings (SSSR count). The van der Waals surface area contributed by atoms with Gasteiger partial charge in [0, 0.05) is 18.2 Å². The fourth-order valence-corrected chi connectivity index (χ4v) is 2.92. The molecule has 1 amide bonds. The van der Waals surface area contributed by atoms with Crippen molar-refractivity contribution in [3.05, 3.63) is 29.3 Å². The lowest BCUT2D eigenvalue weighted by Crippen LogP contribution is -2.44. The maximum atomic E-state index is 11.5. The van der Waals surface area contributed by atoms with E-state index in [-0.39, 0.29) is 17.9 Å². The Morgan fingerprint density at radius 3 is 2.90 bits per heavy atom. The zero-order valence-electron chi connectivity index (χ0n) is 12.3. The number of carbonyl (C=O) groups is 1. The molecular weight excluding hydrogens is 266 g/mol. The molecule has 1 aliphatic carbocycles. The number of nitrogens with two attached hydrogens (primary N) is 1. The Morgan fingerprint density at radius 2 is 2.24 bits per heavy atom. The van der Waals surface area contributed by atoms with Gasteiger partial charge in [0.05, 0.1) is 24.7 Å². The topological polar surface area (TPSA) is 88.1 Å². The van der Waals surface area contributed by atoms with E-state index in [0.29, 0.717) is 17.9 Å². The van der Waals surface area contributed by atoms with Gasteiger partial charge in [-0.3, -0.25) is 4.79 Å². The smallest absolute Gasteiger partial charge is 0.222 e. The SMILES string of the molecule is COc1cc(C#N)ccc1CN[C@H]1CCCC[C@H]1C(N)=O. The van der Waals surface area contributed by atoms with Crippen molar-refractivity contribution in [2.24, 2.45) is 11.7 Å². The Labute approximate surface area is 125 Å². The molecule has 0 heterocycles. The Kier molecular flexibility index (Phi) is 5.18. The van der Waals surface area contributed by atoms with E-state index in [1.54, 1.807) is 19.2 Å². The number of primary amides is 1. The summed E-state index contributed by atoms with van der Waals surface area (Å²) in [4.78, 5) is 11.5. The molecular formula is C16H21N3O2. The van der Waals surface area contributed by atoms with E-state index in [0.717, 1.165) is 31.2 Å². The summed E-state index contributed by atoms with van der Waals surface area (Å²) in [6.07, 6.45) is 4.00. The fraction of sp³-hybridized carbons (Fsp3) is 0.500. The average Bonchev–Trinajstić information content (AvgIpc) is 2.52. The van der Waals surface area contributed by atoms with Gasteiger partial charge in [-0.2, -0.15) is 5.26 Å². The highest BCUT2D eigenvalue weighted by molar-refractivity contribution is 5.77. The fourth-order valence-electron chi connectivity index (χ4n) is 2.92. The lowest BCUT2D eigenvalue weighted by Gasteiger charge is -2.30. The highest BCUT2D eigenvalue weighted by Gasteiger charge is 2.28. The zero-order chi connectivity index (χ0) is 15.2. The number of benzene rings is 1. The summed E-state index contributed by atoms with van der Waals surface area (Å²) in [5.41, 5.74) is 7.03. The van der Waals surface area contributed by atoms with Crippen LogP contribution in [0.5, 0.6) is 5.75 Å². The normalized spacial score (nSPS) is 21.5. The van der Waals surface area contributed by atoms with E-state index in [1.165, 1.54) is 0 Å². The van der Waals surface area contributed by atoms with Crippen molar-refractivity contribution in [3.8, 4) is 11.8 Å². The number of ether oxygens (including phenoxy) is 1. The molecule has 5 nitrogen and oxygen atoms in total. The summed E-state index contributed by atoms with van der Waals surface area (Å²) in [5.74, 6) is 0.370. The van der Waals surface area contributed by atoms with E-state index in [1.807, 2.05) is 6.07 Å². The van der Waals surface area contributed by atoms with Crippen LogP contribution in [0.4, 0.5) is 0 Å². The van der Waals surface area contributed by atoms with Crippen molar-refractivity contribution >= 4 is 5.91 Å². The number of methoxy groups -OCH3 is 1. The number of nitrogens with zero attached hydrogens (tertiary/aromatic N) is 1. The van der Waals surface area contributed by atoms with E-state index in [4.69, 9.17) is 15.7 Å². The average molecular weight is 287 g/mol. The van der Waals surface area contributed by atoms with Crippen LogP contribution in [0.15, 0.2) is 18.2 Å². The number of hydrogen-bond donors (Lipinski definition) is 2. The van der Waals surface area contributed by atoms with Crippen molar-refractivity contribution in [2.45, 2.75) is 38.3 Å². The first-order valence-corrected chi connectivity index (χ1v) is 7.25. The van der Waals surface area contributed by atoms with E-state index in [9.17, 15) is 4.79 Å². The van der Waals surface area contributed by atoms with Gasteiger partial charge in [-0.15, -0.1) is 0 Å². The Bertz CT molecular complexity index is 551. The third-order valence-electron chi connectivity index (χ3n) is 4.10. The Balaban J connectivity index is 2.05. The van der Waals surface area contributed by atoms with Crippen LogP contribution in [-0.4, -0.2) is 19.1 Å². The molecule has 0 unspecified atom stereocenters. The third kappa shape index (κ3) is 3.73. The summed E-state index contributed by atoms with van der Waals surface area (Å²) in [7, 11) is 1.59. The highest BCUT2D eigenvalue weighted by atomic mass is 16.5. The molecule has 0 spiro atoms. The number of amides is 1. The van der Waals surface area contributed by atoms with Gasteiger partial charge in [0.1, 0.15) is 5.75 Å². The number of nitrogens with one attached hydrogen (secondary N) is 1. The monoisotopic (exact) mass is 287 g/mol. The molecule has 1 fully saturated rings. The lowest BCUT2D eigenvalue weighted by molar-refractivity contribution is -0.123. The van der Waals surface area contributed by atoms with Crippen LogP contribution in [0, 0.1) is 17.2 Å². The van der Waals surface area contributed by atoms with Crippen molar-refractivity contribution in [2.75, 3.05) is 7.11 Å². The molecule has 1 aliphatic rings. The lowest BCUT2D eigenvalue weighted by atomic mass is 9.84. The minimum atomic E-state index is -0.223. The Morgan fingerprint density at radius 1 is 1.48 bits per heavy atom. The molecule has 112 valence electrons. The quantitative estimate of drug-likeness (QED) is 0.862. The minimum absolute atomic E-state index is 0.0943. The summed E-state index contributed by atoms with van der Waals surface area (Å²) in [6.45, 7) is 0.601. The summed E-state index contributed by atoms with van der Waals surface area (Å²) in [5, 5.41) is 12.3. The largest absolute Gasteiger partial charge is 0.496 e. The predicted octanol–water partition coefficient (Wildman–Crippen LogP) is 1.70. The van der Waals surface area contributed by atoms with Crippen molar-refractivity contribution in [1.82, 2.24) is 5.32 Å². The van der Waals surface area contributed by atoms with Crippen molar-refractivity contribution < 1.29 is 9.53 Å². The second-order valence-electron chi connectivity index (χ2n) is 5.42. The molecule has 1 saturated carbocycles. The van der Waals surface area contributed by atoms with Gasteiger partial charge in [0.15, 0.2) is 0 Å². The van der Waals surface area contributed by atoms with Crippen LogP contribution in [0.3, 0.4) is 0 Å². The summed E-state index contributed by atoms with van der Waals surface area (Å²) in [6, 6.07) is 7.59. The van der Waals surface area contributed by atoms with Crippen molar-refractivity contribution in [1.29, 1.82) is 5.26 Å². The van der Waals surface area contributed by atoms with E-state index >= 15 is 0 Å². The van der Waals surface area contributed by atoms with Crippen LogP contribution < -0.4 is 15.8 Å². The number of carbonyl (C=O) groups excluding carboxylic acids is 1. The molecule has 5 heteroatoms. The van der Waals surface area contributed by atoms with Crippen LogP contribution in [0.25, 0.3) is 0 Å². The number of rotatable bonds is 5. The molecule has 1 aromatic carbocycles. The Hall–Kier alpha value is -2.06. The van der Waals surface area contributed by atoms with E-state index in [2.05, 4.69) is 11.4 Å². The second-order valence-corrected chi connectivity index (χ2v) is 5.42. The van der Waals surface area contributed by atoms with Gasteiger partial charge in [-0.05, 0) is 25.0 Å². The molecule has 0 saturated heterocycles. The van der Waals surface area contributed by atoms with Crippen LogP contribution in [-0.2, 0) is 11.3 Å². The minimum Gasteiger partial charge on any atom is -0.496 e. The predicted molar refractivity (Wildman–Crippen MR) is 79.5 cm³/mol. The molecule has 3 N–H and O–H groups in total. The first-order valence-electron chi connectivity index (χ1n) is 7.25. The number of nitriles is 1. The van der Waals surface area contributed by atoms with Gasteiger partial charge >= 0.3 is 0 Å². The zero-order valence-corrected chi connectivity index (χ0v) is 12.3. The second kappa shape index (κ2) is 7.09. The maximum absolute atomic E-state index is 11.5. The first kappa shape index (κ1) is 15.3. The molecule has 0 radical (unpaired) electrons. The van der Waals surface area contributed by atoms with Gasteiger partial charge < -0.3 is 15.8 Å². The van der Waals surface area contributed by atoms with Gasteiger partial charge in [-0.25, -0.2) is 0 Å². The highest BCUT2D eigenvalue weighted by Crippen LogP contribution is 2.26. The van der Waals surface area contributed by atoms with Crippen LogP contribution in [0.1, 0.15) is 36.8 Å². The molecule has 0 aromatic heterocycles. The summed E-state index contributed by atoms with van der Waals surface area (Å²) >= 11 is 0. The van der Waals surface area contributed by atoms with Gasteiger partial charge in [0.25, 0.3) is 0 Å². The summed E-state index contributed by atoms with van der Waals surface area (Å²) < 4.78 is 5.32. The van der Waals surface area contributed by atoms with Gasteiger partial charge in [0.2, 0.25) is 5.91 Å². The molecule has 0 aliphatic heterocycles. The van der Waals surface area contributed by atoms with Crippen LogP contribution >= 0.6 is 0 Å². The molecule has 2 atom stereocenters. The number of hydrogen-bond acceptors (Lipinski definition) is 4. The maximum Gasteiger partial charge on any atom is 0.222 e. The first-order chi connectivity index (χ1) is 10.2. The van der Waals surface area contributed by atoms with Gasteiger partial charge in [-0.1, -0.05) is 18.9 Å². The molecule has 21 heavy (non-hydrogen) atoms.